The number of esters is 1. The Morgan fingerprint density at radius 1 is 1.45 bits per heavy atom. The molecule has 0 bridgehead atoms. The van der Waals surface area contributed by atoms with E-state index in [9.17, 15) is 4.79 Å². The minimum atomic E-state index is -0.262. The summed E-state index contributed by atoms with van der Waals surface area (Å²) in [5.74, 6) is -0.200. The predicted molar refractivity (Wildman–Crippen MR) is 79.5 cm³/mol. The lowest BCUT2D eigenvalue weighted by Gasteiger charge is -2.23. The highest BCUT2D eigenvalue weighted by Crippen LogP contribution is 2.00. The van der Waals surface area contributed by atoms with Gasteiger partial charge < -0.3 is 15.0 Å². The largest absolute Gasteiger partial charge is 0.468 e. The number of carbonyl (C=O) groups is 1. The number of hydrogen-bond acceptors (Lipinski definition) is 5. The topological polar surface area (TPSA) is 54.5 Å². The van der Waals surface area contributed by atoms with E-state index >= 15 is 0 Å². The molecule has 0 aliphatic rings. The zero-order valence-corrected chi connectivity index (χ0v) is 12.6. The minimum Gasteiger partial charge on any atom is -0.468 e. The van der Waals surface area contributed by atoms with E-state index in [-0.39, 0.29) is 12.0 Å². The standard InChI is InChI=1S/C15H25N3O2/c1-4-8-17-14(15(19)20-3)12-18(2)11-7-13-5-9-16-10-6-13/h5-6,9-10,14,17H,4,7-8,11-12H2,1-3H3. The third-order valence-corrected chi connectivity index (χ3v) is 3.15. The SMILES string of the molecule is CCCNC(CN(C)CCc1ccncc1)C(=O)OC. The second-order valence-corrected chi connectivity index (χ2v) is 4.90. The van der Waals surface area contributed by atoms with Crippen molar-refractivity contribution in [1.82, 2.24) is 15.2 Å². The smallest absolute Gasteiger partial charge is 0.324 e. The van der Waals surface area contributed by atoms with Crippen LogP contribution in [-0.2, 0) is 16.0 Å². The number of pyridine rings is 1. The first-order chi connectivity index (χ1) is 9.67. The number of nitrogens with one attached hydrogen (secondary N) is 1. The van der Waals surface area contributed by atoms with Gasteiger partial charge in [0.05, 0.1) is 7.11 Å². The second kappa shape index (κ2) is 9.44. The first kappa shape index (κ1) is 16.6. The first-order valence-corrected chi connectivity index (χ1v) is 7.06. The van der Waals surface area contributed by atoms with E-state index in [1.54, 1.807) is 12.4 Å². The fourth-order valence-electron chi connectivity index (χ4n) is 1.96. The van der Waals surface area contributed by atoms with Crippen LogP contribution in [0.3, 0.4) is 0 Å². The Morgan fingerprint density at radius 3 is 2.75 bits per heavy atom. The third kappa shape index (κ3) is 6.12. The number of rotatable bonds is 9. The maximum atomic E-state index is 11.7. The minimum absolute atomic E-state index is 0.200. The molecule has 0 aliphatic heterocycles. The zero-order chi connectivity index (χ0) is 14.8. The van der Waals surface area contributed by atoms with Crippen LogP contribution in [-0.4, -0.2) is 55.7 Å². The van der Waals surface area contributed by atoms with Crippen LogP contribution < -0.4 is 5.32 Å². The van der Waals surface area contributed by atoms with Crippen LogP contribution >= 0.6 is 0 Å². The van der Waals surface area contributed by atoms with Gasteiger partial charge in [0.25, 0.3) is 0 Å². The second-order valence-electron chi connectivity index (χ2n) is 4.90. The summed E-state index contributed by atoms with van der Waals surface area (Å²) >= 11 is 0. The highest BCUT2D eigenvalue weighted by atomic mass is 16.5. The molecule has 1 heterocycles. The summed E-state index contributed by atoms with van der Waals surface area (Å²) in [6.45, 7) is 4.44. The molecular weight excluding hydrogens is 254 g/mol. The number of likely N-dealkylation sites (N-methyl/N-ethyl adjacent to an activating group) is 1. The number of methoxy groups -OCH3 is 1. The van der Waals surface area contributed by atoms with Gasteiger partial charge in [-0.1, -0.05) is 6.92 Å². The monoisotopic (exact) mass is 279 g/mol. The van der Waals surface area contributed by atoms with Crippen LogP contribution in [0.25, 0.3) is 0 Å². The summed E-state index contributed by atoms with van der Waals surface area (Å²) < 4.78 is 4.84. The Kier molecular flexibility index (Phi) is 7.84. The van der Waals surface area contributed by atoms with Gasteiger partial charge in [0.15, 0.2) is 0 Å². The van der Waals surface area contributed by atoms with Gasteiger partial charge in [0, 0.05) is 25.5 Å². The Labute approximate surface area is 121 Å². The van der Waals surface area contributed by atoms with Crippen molar-refractivity contribution in [3.8, 4) is 0 Å². The summed E-state index contributed by atoms with van der Waals surface area (Å²) in [5.41, 5.74) is 1.25. The van der Waals surface area contributed by atoms with Crippen molar-refractivity contribution in [1.29, 1.82) is 0 Å². The quantitative estimate of drug-likeness (QED) is 0.686. The fraction of sp³-hybridized carbons (Fsp3) is 0.600. The molecule has 1 aromatic heterocycles. The molecule has 0 amide bonds. The van der Waals surface area contributed by atoms with E-state index in [1.807, 2.05) is 19.2 Å². The number of aromatic nitrogens is 1. The van der Waals surface area contributed by atoms with Crippen LogP contribution in [0.1, 0.15) is 18.9 Å². The van der Waals surface area contributed by atoms with E-state index in [1.165, 1.54) is 12.7 Å². The molecule has 0 aromatic carbocycles. The van der Waals surface area contributed by atoms with Gasteiger partial charge in [-0.2, -0.15) is 0 Å². The molecule has 0 saturated carbocycles. The van der Waals surface area contributed by atoms with Gasteiger partial charge in [-0.15, -0.1) is 0 Å². The normalized spacial score (nSPS) is 12.4. The lowest BCUT2D eigenvalue weighted by atomic mass is 10.2. The zero-order valence-electron chi connectivity index (χ0n) is 12.6. The molecular formula is C15H25N3O2. The Balaban J connectivity index is 2.40. The Morgan fingerprint density at radius 2 is 2.15 bits per heavy atom. The third-order valence-electron chi connectivity index (χ3n) is 3.15. The molecule has 5 heteroatoms. The molecule has 112 valence electrons. The van der Waals surface area contributed by atoms with Gasteiger partial charge in [0.2, 0.25) is 0 Å². The number of hydrogen-bond donors (Lipinski definition) is 1. The van der Waals surface area contributed by atoms with Crippen molar-refractivity contribution in [3.05, 3.63) is 30.1 Å². The molecule has 20 heavy (non-hydrogen) atoms. The van der Waals surface area contributed by atoms with Crippen LogP contribution in [0, 0.1) is 0 Å². The molecule has 0 saturated heterocycles. The first-order valence-electron chi connectivity index (χ1n) is 7.06. The molecule has 0 radical (unpaired) electrons. The van der Waals surface area contributed by atoms with Crippen LogP contribution in [0.2, 0.25) is 0 Å². The summed E-state index contributed by atoms with van der Waals surface area (Å²) in [4.78, 5) is 17.9. The van der Waals surface area contributed by atoms with Gasteiger partial charge in [-0.05, 0) is 44.1 Å². The predicted octanol–water partition coefficient (Wildman–Crippen LogP) is 1.10. The molecule has 1 atom stereocenters. The lowest BCUT2D eigenvalue weighted by molar-refractivity contribution is -0.143. The number of carbonyl (C=O) groups excluding carboxylic acids is 1. The maximum absolute atomic E-state index is 11.7. The van der Waals surface area contributed by atoms with Crippen LogP contribution in [0.15, 0.2) is 24.5 Å². The molecule has 0 aliphatic carbocycles. The Bertz CT molecular complexity index is 384. The summed E-state index contributed by atoms with van der Waals surface area (Å²) in [7, 11) is 3.45. The number of ether oxygens (including phenoxy) is 1. The highest BCUT2D eigenvalue weighted by molar-refractivity contribution is 5.75. The average Bonchev–Trinajstić information content (AvgIpc) is 2.49. The van der Waals surface area contributed by atoms with E-state index < -0.39 is 0 Å². The average molecular weight is 279 g/mol. The van der Waals surface area contributed by atoms with Crippen molar-refractivity contribution in [3.63, 3.8) is 0 Å². The van der Waals surface area contributed by atoms with Gasteiger partial charge >= 0.3 is 5.97 Å². The number of nitrogens with zero attached hydrogens (tertiary/aromatic N) is 2. The summed E-state index contributed by atoms with van der Waals surface area (Å²) in [5, 5.41) is 3.22. The maximum Gasteiger partial charge on any atom is 0.324 e. The van der Waals surface area contributed by atoms with E-state index in [0.29, 0.717) is 6.54 Å². The van der Waals surface area contributed by atoms with Gasteiger partial charge in [-0.25, -0.2) is 0 Å². The van der Waals surface area contributed by atoms with E-state index in [4.69, 9.17) is 4.74 Å². The van der Waals surface area contributed by atoms with Crippen LogP contribution in [0.5, 0.6) is 0 Å². The Hall–Kier alpha value is -1.46. The molecule has 1 aromatic rings. The van der Waals surface area contributed by atoms with E-state index in [2.05, 4.69) is 22.1 Å². The molecule has 5 nitrogen and oxygen atoms in total. The van der Waals surface area contributed by atoms with Crippen molar-refractivity contribution in [2.75, 3.05) is 33.8 Å². The fourth-order valence-corrected chi connectivity index (χ4v) is 1.96. The lowest BCUT2D eigenvalue weighted by Crippen LogP contribution is -2.46. The van der Waals surface area contributed by atoms with Gasteiger partial charge in [0.1, 0.15) is 6.04 Å². The molecule has 0 spiro atoms. The summed E-state index contributed by atoms with van der Waals surface area (Å²) in [6.07, 6.45) is 5.54. The molecule has 1 rings (SSSR count). The van der Waals surface area contributed by atoms with Crippen molar-refractivity contribution in [2.45, 2.75) is 25.8 Å². The van der Waals surface area contributed by atoms with E-state index in [0.717, 1.165) is 25.9 Å². The van der Waals surface area contributed by atoms with Crippen molar-refractivity contribution in [2.24, 2.45) is 0 Å². The molecule has 0 fully saturated rings. The molecule has 1 N–H and O–H groups in total. The van der Waals surface area contributed by atoms with Crippen LogP contribution in [0.4, 0.5) is 0 Å². The summed E-state index contributed by atoms with van der Waals surface area (Å²) in [6, 6.07) is 3.77. The van der Waals surface area contributed by atoms with Crippen molar-refractivity contribution >= 4 is 5.97 Å². The van der Waals surface area contributed by atoms with Gasteiger partial charge in [-0.3, -0.25) is 9.78 Å². The van der Waals surface area contributed by atoms with Crippen molar-refractivity contribution < 1.29 is 9.53 Å². The highest BCUT2D eigenvalue weighted by Gasteiger charge is 2.19. The molecule has 1 unspecified atom stereocenters.